The minimum Gasteiger partial charge on any atom is -0.482 e. The van der Waals surface area contributed by atoms with Gasteiger partial charge in [0.1, 0.15) is 5.52 Å². The van der Waals surface area contributed by atoms with Crippen molar-refractivity contribution in [3.8, 4) is 5.75 Å². The number of Topliss-reactive ketones (excluding diaryl/α,β-unsaturated/α-hetero) is 1. The van der Waals surface area contributed by atoms with Gasteiger partial charge in [-0.15, -0.1) is 0 Å². The summed E-state index contributed by atoms with van der Waals surface area (Å²) in [5.41, 5.74) is 2.89. The number of halogens is 2. The predicted octanol–water partition coefficient (Wildman–Crippen LogP) is 4.79. The topological polar surface area (TPSA) is 68.3 Å². The Morgan fingerprint density at radius 2 is 1.79 bits per heavy atom. The summed E-state index contributed by atoms with van der Waals surface area (Å²) >= 11 is 12.5. The number of nitrogens with one attached hydrogen (secondary N) is 1. The highest BCUT2D eigenvalue weighted by Gasteiger charge is 2.15. The van der Waals surface area contributed by atoms with Gasteiger partial charge >= 0.3 is 0 Å². The van der Waals surface area contributed by atoms with Crippen LogP contribution in [0.1, 0.15) is 28.5 Å². The number of rotatable bonds is 7. The zero-order valence-corrected chi connectivity index (χ0v) is 17.6. The number of ether oxygens (including phenoxy) is 1. The fourth-order valence-corrected chi connectivity index (χ4v) is 3.46. The molecule has 0 aliphatic heterocycles. The molecule has 0 bridgehead atoms. The lowest BCUT2D eigenvalue weighted by atomic mass is 10.1. The van der Waals surface area contributed by atoms with Crippen molar-refractivity contribution in [2.24, 2.45) is 0 Å². The van der Waals surface area contributed by atoms with Crippen LogP contribution in [0, 0.1) is 6.92 Å². The van der Waals surface area contributed by atoms with Crippen molar-refractivity contribution in [3.63, 3.8) is 0 Å². The molecular formula is C22H20Cl2N2O3. The Morgan fingerprint density at radius 1 is 1.07 bits per heavy atom. The third kappa shape index (κ3) is 5.25. The van der Waals surface area contributed by atoms with E-state index in [0.717, 1.165) is 11.3 Å². The minimum atomic E-state index is -0.176. The van der Waals surface area contributed by atoms with Crippen LogP contribution in [0.3, 0.4) is 0 Å². The van der Waals surface area contributed by atoms with E-state index >= 15 is 0 Å². The van der Waals surface area contributed by atoms with E-state index in [9.17, 15) is 9.59 Å². The summed E-state index contributed by atoms with van der Waals surface area (Å²) in [5.74, 6) is 0.104. The zero-order valence-electron chi connectivity index (χ0n) is 16.1. The van der Waals surface area contributed by atoms with Gasteiger partial charge in [0.05, 0.1) is 10.0 Å². The largest absolute Gasteiger partial charge is 0.482 e. The van der Waals surface area contributed by atoms with Gasteiger partial charge in [-0.05, 0) is 37.1 Å². The quantitative estimate of drug-likeness (QED) is 0.547. The number of fused-ring (bicyclic) bond motifs is 1. The van der Waals surface area contributed by atoms with Crippen molar-refractivity contribution in [1.29, 1.82) is 0 Å². The van der Waals surface area contributed by atoms with Crippen molar-refractivity contribution in [2.45, 2.75) is 20.3 Å². The number of hydrogen-bond donors (Lipinski definition) is 1. The standard InChI is InChI=1S/C22H20Cl2N2O3/c1-13-3-8-17-18(23)11-19(24)22(21(17)26-13)29-12-20(28)16-6-4-15(5-7-16)9-10-25-14(2)27/h3-8,11H,9-10,12H2,1-2H3,(H,25,27). The molecule has 150 valence electrons. The fraction of sp³-hybridized carbons (Fsp3) is 0.227. The first-order valence-corrected chi connectivity index (χ1v) is 9.85. The lowest BCUT2D eigenvalue weighted by Crippen LogP contribution is -2.22. The van der Waals surface area contributed by atoms with Gasteiger partial charge in [-0.3, -0.25) is 9.59 Å². The first-order valence-electron chi connectivity index (χ1n) is 9.10. The van der Waals surface area contributed by atoms with E-state index in [-0.39, 0.29) is 18.3 Å². The number of benzene rings is 2. The molecule has 0 aliphatic carbocycles. The Hall–Kier alpha value is -2.63. The minimum absolute atomic E-state index is 0.0629. The Labute approximate surface area is 179 Å². The second kappa shape index (κ2) is 9.25. The van der Waals surface area contributed by atoms with Gasteiger partial charge in [-0.2, -0.15) is 0 Å². The van der Waals surface area contributed by atoms with Crippen LogP contribution in [-0.4, -0.2) is 29.8 Å². The molecule has 0 radical (unpaired) electrons. The van der Waals surface area contributed by atoms with Crippen LogP contribution in [0.25, 0.3) is 10.9 Å². The van der Waals surface area contributed by atoms with E-state index in [0.29, 0.717) is 45.2 Å². The third-order valence-electron chi connectivity index (χ3n) is 4.39. The number of hydrogen-bond acceptors (Lipinski definition) is 4. The highest BCUT2D eigenvalue weighted by molar-refractivity contribution is 6.39. The lowest BCUT2D eigenvalue weighted by Gasteiger charge is -2.12. The Bertz CT molecular complexity index is 1070. The van der Waals surface area contributed by atoms with Gasteiger partial charge in [0.2, 0.25) is 5.91 Å². The summed E-state index contributed by atoms with van der Waals surface area (Å²) in [5, 5.41) is 4.24. The number of nitrogens with zero attached hydrogens (tertiary/aromatic N) is 1. The Kier molecular flexibility index (Phi) is 6.72. The highest BCUT2D eigenvalue weighted by atomic mass is 35.5. The predicted molar refractivity (Wildman–Crippen MR) is 115 cm³/mol. The van der Waals surface area contributed by atoms with E-state index in [1.165, 1.54) is 6.92 Å². The van der Waals surface area contributed by atoms with Gasteiger partial charge in [0.25, 0.3) is 0 Å². The fourth-order valence-electron chi connectivity index (χ4n) is 2.89. The van der Waals surface area contributed by atoms with Crippen LogP contribution in [0.2, 0.25) is 10.0 Å². The van der Waals surface area contributed by atoms with Crippen LogP contribution in [-0.2, 0) is 11.2 Å². The number of pyridine rings is 1. The summed E-state index contributed by atoms with van der Waals surface area (Å²) in [4.78, 5) is 27.9. The molecule has 1 N–H and O–H groups in total. The molecule has 3 aromatic rings. The Morgan fingerprint density at radius 3 is 2.48 bits per heavy atom. The molecule has 0 atom stereocenters. The van der Waals surface area contributed by atoms with E-state index in [4.69, 9.17) is 27.9 Å². The number of carbonyl (C=O) groups is 2. The number of carbonyl (C=O) groups excluding carboxylic acids is 2. The first kappa shape index (κ1) is 21.1. The van der Waals surface area contributed by atoms with E-state index in [1.54, 1.807) is 18.2 Å². The van der Waals surface area contributed by atoms with Crippen molar-refractivity contribution in [2.75, 3.05) is 13.2 Å². The maximum Gasteiger partial charge on any atom is 0.216 e. The molecular weight excluding hydrogens is 411 g/mol. The second-order valence-corrected chi connectivity index (χ2v) is 7.47. The van der Waals surface area contributed by atoms with Crippen LogP contribution < -0.4 is 10.1 Å². The highest BCUT2D eigenvalue weighted by Crippen LogP contribution is 2.37. The van der Waals surface area contributed by atoms with Crippen molar-refractivity contribution in [3.05, 3.63) is 69.3 Å². The molecule has 0 saturated carbocycles. The maximum absolute atomic E-state index is 12.5. The average Bonchev–Trinajstić information content (AvgIpc) is 2.67. The van der Waals surface area contributed by atoms with Gasteiger partial charge < -0.3 is 10.1 Å². The van der Waals surface area contributed by atoms with E-state index in [2.05, 4.69) is 10.3 Å². The molecule has 0 spiro atoms. The molecule has 0 fully saturated rings. The summed E-state index contributed by atoms with van der Waals surface area (Å²) in [6, 6.07) is 12.5. The third-order valence-corrected chi connectivity index (χ3v) is 4.98. The van der Waals surface area contributed by atoms with Crippen LogP contribution in [0.5, 0.6) is 5.75 Å². The molecule has 29 heavy (non-hydrogen) atoms. The van der Waals surface area contributed by atoms with Gasteiger partial charge in [-0.1, -0.05) is 47.5 Å². The summed E-state index contributed by atoms with van der Waals surface area (Å²) in [6.45, 7) is 3.73. The average molecular weight is 431 g/mol. The molecule has 1 aromatic heterocycles. The molecule has 0 saturated heterocycles. The van der Waals surface area contributed by atoms with Crippen LogP contribution >= 0.6 is 23.2 Å². The van der Waals surface area contributed by atoms with Crippen LogP contribution in [0.4, 0.5) is 0 Å². The molecule has 1 amide bonds. The number of ketones is 1. The monoisotopic (exact) mass is 430 g/mol. The van der Waals surface area contributed by atoms with E-state index in [1.807, 2.05) is 31.2 Å². The number of aromatic nitrogens is 1. The van der Waals surface area contributed by atoms with Crippen molar-refractivity contribution < 1.29 is 14.3 Å². The van der Waals surface area contributed by atoms with Crippen molar-refractivity contribution >= 4 is 45.8 Å². The van der Waals surface area contributed by atoms with Crippen molar-refractivity contribution in [1.82, 2.24) is 10.3 Å². The normalized spacial score (nSPS) is 10.8. The number of aryl methyl sites for hydroxylation is 1. The SMILES string of the molecule is CC(=O)NCCc1ccc(C(=O)COc2c(Cl)cc(Cl)c3ccc(C)nc23)cc1. The maximum atomic E-state index is 12.5. The second-order valence-electron chi connectivity index (χ2n) is 6.66. The van der Waals surface area contributed by atoms with Crippen LogP contribution in [0.15, 0.2) is 42.5 Å². The summed E-state index contributed by atoms with van der Waals surface area (Å²) in [6.07, 6.45) is 0.696. The molecule has 0 unspecified atom stereocenters. The van der Waals surface area contributed by atoms with Gasteiger partial charge in [0, 0.05) is 30.1 Å². The molecule has 7 heteroatoms. The molecule has 2 aromatic carbocycles. The molecule has 0 aliphatic rings. The van der Waals surface area contributed by atoms with Gasteiger partial charge in [-0.25, -0.2) is 4.98 Å². The zero-order chi connectivity index (χ0) is 21.0. The molecule has 5 nitrogen and oxygen atoms in total. The Balaban J connectivity index is 1.71. The lowest BCUT2D eigenvalue weighted by molar-refractivity contribution is -0.118. The summed E-state index contributed by atoms with van der Waals surface area (Å²) in [7, 11) is 0. The molecule has 3 rings (SSSR count). The van der Waals surface area contributed by atoms with E-state index < -0.39 is 0 Å². The van der Waals surface area contributed by atoms with Gasteiger partial charge in [0.15, 0.2) is 18.1 Å². The molecule has 1 heterocycles. The summed E-state index contributed by atoms with van der Waals surface area (Å²) < 4.78 is 5.75. The number of amides is 1. The first-order chi connectivity index (χ1) is 13.8. The smallest absolute Gasteiger partial charge is 0.216 e.